The van der Waals surface area contributed by atoms with Crippen molar-refractivity contribution >= 4 is 73.9 Å². The second-order valence-electron chi connectivity index (χ2n) is 7.35. The van der Waals surface area contributed by atoms with Gasteiger partial charge in [0.2, 0.25) is 0 Å². The Morgan fingerprint density at radius 2 is 1.68 bits per heavy atom. The van der Waals surface area contributed by atoms with Crippen LogP contribution in [0, 0.1) is 12.7 Å². The van der Waals surface area contributed by atoms with Crippen molar-refractivity contribution < 1.29 is 18.8 Å². The van der Waals surface area contributed by atoms with E-state index in [0.717, 1.165) is 21.5 Å². The van der Waals surface area contributed by atoms with E-state index in [2.05, 4.69) is 26.6 Å². The smallest absolute Gasteiger partial charge is 0.283 e. The van der Waals surface area contributed by atoms with Gasteiger partial charge in [-0.3, -0.25) is 14.4 Å². The summed E-state index contributed by atoms with van der Waals surface area (Å²) in [6.07, 6.45) is 0. The number of amides is 3. The largest absolute Gasteiger partial charge is 0.349 e. The molecule has 1 heterocycles. The Balaban J connectivity index is 1.58. The number of nitrogens with zero attached hydrogens (tertiary/aromatic N) is 1. The van der Waals surface area contributed by atoms with E-state index in [9.17, 15) is 18.8 Å². The maximum Gasteiger partial charge on any atom is 0.283 e. The lowest BCUT2D eigenvalue weighted by molar-refractivity contribution is -0.120. The molecule has 10 heteroatoms. The maximum absolute atomic E-state index is 13.5. The molecule has 34 heavy (non-hydrogen) atoms. The molecule has 0 bridgehead atoms. The molecule has 1 aliphatic heterocycles. The number of imide groups is 1. The number of hydrogen-bond acceptors (Lipinski definition) is 4. The Kier molecular flexibility index (Phi) is 6.74. The number of aryl methyl sites for hydroxylation is 1. The Morgan fingerprint density at radius 3 is 2.35 bits per heavy atom. The lowest BCUT2D eigenvalue weighted by Gasteiger charge is -2.16. The standard InChI is InChI=1S/C24H15BrCl2FN3O3/c1-12-2-3-13(22(32)29-15-6-4-14(25)5-7-15)10-19(12)30-21-20(27)23(33)31(24(21)34)16-8-9-18(28)17(26)11-16/h2-11,30H,1H3,(H,29,32). The fraction of sp³-hybridized carbons (Fsp3) is 0.0417. The number of carbonyl (C=O) groups excluding carboxylic acids is 3. The number of anilines is 3. The third-order valence-corrected chi connectivity index (χ3v) is 6.22. The molecule has 0 atom stereocenters. The molecule has 0 radical (unpaired) electrons. The first-order valence-electron chi connectivity index (χ1n) is 9.84. The highest BCUT2D eigenvalue weighted by molar-refractivity contribution is 9.10. The van der Waals surface area contributed by atoms with Crippen LogP contribution in [0.1, 0.15) is 15.9 Å². The summed E-state index contributed by atoms with van der Waals surface area (Å²) >= 11 is 15.3. The molecule has 0 aliphatic carbocycles. The number of rotatable bonds is 5. The topological polar surface area (TPSA) is 78.5 Å². The van der Waals surface area contributed by atoms with Crippen molar-refractivity contribution in [3.05, 3.63) is 97.8 Å². The minimum absolute atomic E-state index is 0.0794. The summed E-state index contributed by atoms with van der Waals surface area (Å²) < 4.78 is 14.4. The first-order chi connectivity index (χ1) is 16.2. The molecule has 4 rings (SSSR count). The van der Waals surface area contributed by atoms with Crippen molar-refractivity contribution in [1.29, 1.82) is 0 Å². The zero-order valence-electron chi connectivity index (χ0n) is 17.5. The van der Waals surface area contributed by atoms with Crippen molar-refractivity contribution in [1.82, 2.24) is 0 Å². The third-order valence-electron chi connectivity index (χ3n) is 5.05. The summed E-state index contributed by atoms with van der Waals surface area (Å²) in [5.41, 5.74) is 1.97. The van der Waals surface area contributed by atoms with Gasteiger partial charge in [0.15, 0.2) is 0 Å². The van der Waals surface area contributed by atoms with Crippen LogP contribution in [0.25, 0.3) is 0 Å². The van der Waals surface area contributed by atoms with Crippen LogP contribution in [-0.4, -0.2) is 17.7 Å². The molecule has 172 valence electrons. The van der Waals surface area contributed by atoms with Gasteiger partial charge in [0.1, 0.15) is 16.5 Å². The van der Waals surface area contributed by atoms with Crippen LogP contribution in [0.5, 0.6) is 0 Å². The van der Waals surface area contributed by atoms with Gasteiger partial charge in [-0.2, -0.15) is 0 Å². The van der Waals surface area contributed by atoms with Gasteiger partial charge in [0.25, 0.3) is 17.7 Å². The summed E-state index contributed by atoms with van der Waals surface area (Å²) in [4.78, 5) is 39.2. The minimum atomic E-state index is -0.779. The van der Waals surface area contributed by atoms with Gasteiger partial charge < -0.3 is 10.6 Å². The van der Waals surface area contributed by atoms with E-state index >= 15 is 0 Å². The SMILES string of the molecule is Cc1ccc(C(=O)Nc2ccc(Br)cc2)cc1NC1=C(Cl)C(=O)N(c2ccc(F)c(Cl)c2)C1=O. The number of nitrogens with one attached hydrogen (secondary N) is 2. The summed E-state index contributed by atoms with van der Waals surface area (Å²) in [5, 5.41) is 5.09. The lowest BCUT2D eigenvalue weighted by Crippen LogP contribution is -2.32. The van der Waals surface area contributed by atoms with E-state index in [1.807, 2.05) is 0 Å². The molecule has 0 saturated heterocycles. The first kappa shape index (κ1) is 23.9. The van der Waals surface area contributed by atoms with E-state index in [4.69, 9.17) is 23.2 Å². The Hall–Kier alpha value is -3.20. The highest BCUT2D eigenvalue weighted by Crippen LogP contribution is 2.33. The summed E-state index contributed by atoms with van der Waals surface area (Å²) in [6, 6.07) is 15.5. The van der Waals surface area contributed by atoms with Crippen LogP contribution < -0.4 is 15.5 Å². The van der Waals surface area contributed by atoms with Crippen molar-refractivity contribution in [2.75, 3.05) is 15.5 Å². The van der Waals surface area contributed by atoms with Crippen LogP contribution in [0.15, 0.2) is 75.9 Å². The second kappa shape index (κ2) is 9.58. The summed E-state index contributed by atoms with van der Waals surface area (Å²) in [7, 11) is 0. The normalized spacial score (nSPS) is 13.5. The molecule has 0 saturated carbocycles. The van der Waals surface area contributed by atoms with Crippen LogP contribution in [-0.2, 0) is 9.59 Å². The number of halogens is 4. The predicted octanol–water partition coefficient (Wildman–Crippen LogP) is 6.24. The highest BCUT2D eigenvalue weighted by atomic mass is 79.9. The maximum atomic E-state index is 13.5. The van der Waals surface area contributed by atoms with Crippen LogP contribution in [0.2, 0.25) is 5.02 Å². The minimum Gasteiger partial charge on any atom is -0.349 e. The van der Waals surface area contributed by atoms with Gasteiger partial charge in [-0.1, -0.05) is 45.2 Å². The molecule has 2 N–H and O–H groups in total. The first-order valence-corrected chi connectivity index (χ1v) is 11.4. The number of hydrogen-bond donors (Lipinski definition) is 2. The predicted molar refractivity (Wildman–Crippen MR) is 134 cm³/mol. The molecule has 0 unspecified atom stereocenters. The van der Waals surface area contributed by atoms with Gasteiger partial charge in [-0.05, 0) is 67.1 Å². The fourth-order valence-corrected chi connectivity index (χ4v) is 3.89. The molecule has 3 amide bonds. The van der Waals surface area contributed by atoms with Crippen molar-refractivity contribution in [2.45, 2.75) is 6.92 Å². The second-order valence-corrected chi connectivity index (χ2v) is 9.05. The van der Waals surface area contributed by atoms with Gasteiger partial charge >= 0.3 is 0 Å². The van der Waals surface area contributed by atoms with Crippen molar-refractivity contribution in [2.24, 2.45) is 0 Å². The molecule has 3 aromatic carbocycles. The molecular weight excluding hydrogens is 548 g/mol. The zero-order valence-corrected chi connectivity index (χ0v) is 20.6. The van der Waals surface area contributed by atoms with Gasteiger partial charge in [0.05, 0.1) is 10.7 Å². The molecular formula is C24H15BrCl2FN3O3. The van der Waals surface area contributed by atoms with Crippen LogP contribution in [0.3, 0.4) is 0 Å². The van der Waals surface area contributed by atoms with Crippen LogP contribution in [0.4, 0.5) is 21.5 Å². The molecule has 1 aliphatic rings. The molecule has 3 aromatic rings. The Bertz CT molecular complexity index is 1380. The molecule has 0 spiro atoms. The fourth-order valence-electron chi connectivity index (χ4n) is 3.24. The van der Waals surface area contributed by atoms with E-state index in [1.165, 1.54) is 6.07 Å². The quantitative estimate of drug-likeness (QED) is 0.361. The molecule has 6 nitrogen and oxygen atoms in total. The van der Waals surface area contributed by atoms with Crippen LogP contribution >= 0.6 is 39.1 Å². The average Bonchev–Trinajstić information content (AvgIpc) is 3.01. The van der Waals surface area contributed by atoms with E-state index in [0.29, 0.717) is 22.5 Å². The van der Waals surface area contributed by atoms with Crippen molar-refractivity contribution in [3.8, 4) is 0 Å². The van der Waals surface area contributed by atoms with E-state index < -0.39 is 17.6 Å². The number of carbonyl (C=O) groups is 3. The highest BCUT2D eigenvalue weighted by Gasteiger charge is 2.39. The third kappa shape index (κ3) is 4.70. The average molecular weight is 563 g/mol. The number of benzene rings is 3. The molecule has 0 aromatic heterocycles. The summed E-state index contributed by atoms with van der Waals surface area (Å²) in [5.74, 6) is -2.56. The van der Waals surface area contributed by atoms with E-state index in [1.54, 1.807) is 49.4 Å². The Labute approximate surface area is 212 Å². The Morgan fingerprint density at radius 1 is 0.971 bits per heavy atom. The van der Waals surface area contributed by atoms with Crippen molar-refractivity contribution in [3.63, 3.8) is 0 Å². The monoisotopic (exact) mass is 561 g/mol. The van der Waals surface area contributed by atoms with Gasteiger partial charge in [0, 0.05) is 21.4 Å². The zero-order chi connectivity index (χ0) is 24.6. The lowest BCUT2D eigenvalue weighted by atomic mass is 10.1. The summed E-state index contributed by atoms with van der Waals surface area (Å²) in [6.45, 7) is 1.77. The molecule has 0 fully saturated rings. The van der Waals surface area contributed by atoms with Gasteiger partial charge in [-0.25, -0.2) is 9.29 Å². The van der Waals surface area contributed by atoms with Gasteiger partial charge in [-0.15, -0.1) is 0 Å². The van der Waals surface area contributed by atoms with E-state index in [-0.39, 0.29) is 27.3 Å².